The van der Waals surface area contributed by atoms with Gasteiger partial charge in [0.05, 0.1) is 29.7 Å². The van der Waals surface area contributed by atoms with Gasteiger partial charge in [-0.3, -0.25) is 4.79 Å². The number of nitrogens with zero attached hydrogens (tertiary/aromatic N) is 3. The van der Waals surface area contributed by atoms with E-state index in [0.29, 0.717) is 41.7 Å². The normalized spacial score (nSPS) is 23.8. The highest BCUT2D eigenvalue weighted by Gasteiger charge is 2.62. The van der Waals surface area contributed by atoms with Gasteiger partial charge in [-0.1, -0.05) is 30.4 Å². The molecule has 3 aliphatic carbocycles. The van der Waals surface area contributed by atoms with Crippen LogP contribution in [-0.4, -0.2) is 33.5 Å². The number of para-hydroxylation sites is 1. The number of hydrogen-bond acceptors (Lipinski definition) is 5. The monoisotopic (exact) mass is 458 g/mol. The minimum absolute atomic E-state index is 0.121. The van der Waals surface area contributed by atoms with Gasteiger partial charge in [0.2, 0.25) is 0 Å². The summed E-state index contributed by atoms with van der Waals surface area (Å²) in [5.41, 5.74) is 3.09. The standard InChI is InChI=1S/C27H30N4O3/c1-3-34-26(33)20-15-29-31(23-13-25(32)30(2)22-7-5-4-6-19(22)23)24(20)16-28-14-17-12-18-8-9-21(17)27(18)10-11-27/h4-9,13,15,17-18,21,28H,3,10-12,14,16H2,1-2H3/t17-,18-,21+/m1/s1. The van der Waals surface area contributed by atoms with Crippen molar-refractivity contribution in [2.24, 2.45) is 30.2 Å². The zero-order valence-corrected chi connectivity index (χ0v) is 19.7. The van der Waals surface area contributed by atoms with E-state index in [0.717, 1.165) is 29.1 Å². The Labute approximate surface area is 198 Å². The lowest BCUT2D eigenvalue weighted by Crippen LogP contribution is -2.28. The number of rotatable bonds is 7. The number of ether oxygens (including phenoxy) is 1. The van der Waals surface area contributed by atoms with Gasteiger partial charge in [0.15, 0.2) is 0 Å². The van der Waals surface area contributed by atoms with Crippen LogP contribution in [0.4, 0.5) is 0 Å². The van der Waals surface area contributed by atoms with E-state index < -0.39 is 5.97 Å². The molecule has 2 saturated carbocycles. The maximum atomic E-state index is 12.7. The fourth-order valence-electron chi connectivity index (χ4n) is 6.43. The van der Waals surface area contributed by atoms with Crippen molar-refractivity contribution < 1.29 is 9.53 Å². The van der Waals surface area contributed by atoms with Crippen LogP contribution in [0.15, 0.2) is 53.5 Å². The third kappa shape index (κ3) is 3.17. The number of esters is 1. The molecule has 0 unspecified atom stereocenters. The SMILES string of the molecule is CCOC(=O)c1cnn(-c2cc(=O)n(C)c3ccccc23)c1CNC[C@H]1C[C@H]2C=C[C@@H]1C21CC1. The summed E-state index contributed by atoms with van der Waals surface area (Å²) in [4.78, 5) is 25.5. The molecular formula is C27H30N4O3. The van der Waals surface area contributed by atoms with E-state index in [-0.39, 0.29) is 5.56 Å². The molecule has 1 spiro atoms. The molecular weight excluding hydrogens is 428 g/mol. The van der Waals surface area contributed by atoms with Crippen LogP contribution >= 0.6 is 0 Å². The van der Waals surface area contributed by atoms with Crippen LogP contribution in [0.25, 0.3) is 16.6 Å². The highest BCUT2D eigenvalue weighted by Crippen LogP contribution is 2.69. The van der Waals surface area contributed by atoms with Gasteiger partial charge in [-0.2, -0.15) is 5.10 Å². The number of aromatic nitrogens is 3. The second kappa shape index (κ2) is 7.94. The van der Waals surface area contributed by atoms with E-state index in [1.165, 1.54) is 19.3 Å². The van der Waals surface area contributed by atoms with Gasteiger partial charge in [-0.15, -0.1) is 0 Å². The topological polar surface area (TPSA) is 78.2 Å². The van der Waals surface area contributed by atoms with Crippen molar-refractivity contribution in [1.82, 2.24) is 19.7 Å². The van der Waals surface area contributed by atoms with E-state index in [1.807, 2.05) is 24.3 Å². The summed E-state index contributed by atoms with van der Waals surface area (Å²) in [5, 5.41) is 9.07. The number of aryl methyl sites for hydroxylation is 1. The molecule has 7 nitrogen and oxygen atoms in total. The van der Waals surface area contributed by atoms with Crippen LogP contribution in [0.5, 0.6) is 0 Å². The van der Waals surface area contributed by atoms with Crippen molar-refractivity contribution in [3.8, 4) is 5.69 Å². The molecule has 6 rings (SSSR count). The van der Waals surface area contributed by atoms with Crippen molar-refractivity contribution in [2.45, 2.75) is 32.7 Å². The molecule has 176 valence electrons. The van der Waals surface area contributed by atoms with Crippen LogP contribution < -0.4 is 10.9 Å². The molecule has 1 N–H and O–H groups in total. The van der Waals surface area contributed by atoms with Gasteiger partial charge in [0.1, 0.15) is 5.56 Å². The third-order valence-corrected chi connectivity index (χ3v) is 8.27. The zero-order chi connectivity index (χ0) is 23.4. The molecule has 3 atom stereocenters. The lowest BCUT2D eigenvalue weighted by atomic mass is 9.89. The molecule has 7 heteroatoms. The van der Waals surface area contributed by atoms with Gasteiger partial charge in [-0.25, -0.2) is 9.48 Å². The summed E-state index contributed by atoms with van der Waals surface area (Å²) in [6.45, 7) is 3.47. The number of pyridine rings is 1. The Kier molecular flexibility index (Phi) is 4.99. The van der Waals surface area contributed by atoms with E-state index in [1.54, 1.807) is 35.5 Å². The van der Waals surface area contributed by atoms with Crippen LogP contribution in [0.2, 0.25) is 0 Å². The maximum Gasteiger partial charge on any atom is 0.341 e. The smallest absolute Gasteiger partial charge is 0.341 e. The van der Waals surface area contributed by atoms with Crippen molar-refractivity contribution >= 4 is 16.9 Å². The largest absolute Gasteiger partial charge is 0.462 e. The summed E-state index contributed by atoms with van der Waals surface area (Å²) < 4.78 is 8.66. The van der Waals surface area contributed by atoms with Gasteiger partial charge in [-0.05, 0) is 62.0 Å². The Bertz CT molecular complexity index is 1360. The lowest BCUT2D eigenvalue weighted by molar-refractivity contribution is 0.0525. The van der Waals surface area contributed by atoms with E-state index in [2.05, 4.69) is 22.6 Å². The first-order chi connectivity index (χ1) is 16.5. The number of hydrogen-bond donors (Lipinski definition) is 1. The van der Waals surface area contributed by atoms with Crippen molar-refractivity contribution in [1.29, 1.82) is 0 Å². The van der Waals surface area contributed by atoms with Crippen LogP contribution in [0, 0.1) is 23.2 Å². The van der Waals surface area contributed by atoms with Crippen LogP contribution in [-0.2, 0) is 18.3 Å². The molecule has 2 fully saturated rings. The quantitative estimate of drug-likeness (QED) is 0.432. The summed E-state index contributed by atoms with van der Waals surface area (Å²) in [6, 6.07) is 9.34. The zero-order valence-electron chi connectivity index (χ0n) is 19.7. The molecule has 0 aliphatic heterocycles. The van der Waals surface area contributed by atoms with Crippen molar-refractivity contribution in [3.05, 3.63) is 70.3 Å². The number of benzene rings is 1. The van der Waals surface area contributed by atoms with Gasteiger partial charge < -0.3 is 14.6 Å². The van der Waals surface area contributed by atoms with Crippen molar-refractivity contribution in [3.63, 3.8) is 0 Å². The van der Waals surface area contributed by atoms with E-state index in [4.69, 9.17) is 4.74 Å². The first-order valence-corrected chi connectivity index (χ1v) is 12.3. The Balaban J connectivity index is 1.33. The Hall–Kier alpha value is -3.19. The number of fused-ring (bicyclic) bond motifs is 1. The number of nitrogens with one attached hydrogen (secondary N) is 1. The molecule has 2 heterocycles. The number of carbonyl (C=O) groups is 1. The molecule has 1 aromatic carbocycles. The Morgan fingerprint density at radius 3 is 2.85 bits per heavy atom. The molecule has 2 aromatic heterocycles. The van der Waals surface area contributed by atoms with Crippen molar-refractivity contribution in [2.75, 3.05) is 13.2 Å². The molecule has 2 bridgehead atoms. The number of carbonyl (C=O) groups excluding carboxylic acids is 1. The molecule has 0 saturated heterocycles. The van der Waals surface area contributed by atoms with E-state index in [9.17, 15) is 9.59 Å². The van der Waals surface area contributed by atoms with Gasteiger partial charge >= 0.3 is 5.97 Å². The molecule has 3 aromatic rings. The summed E-state index contributed by atoms with van der Waals surface area (Å²) in [7, 11) is 1.76. The average Bonchev–Trinajstić information content (AvgIpc) is 3.32. The second-order valence-electron chi connectivity index (χ2n) is 9.96. The number of allylic oxidation sites excluding steroid dienone is 2. The predicted molar refractivity (Wildman–Crippen MR) is 130 cm³/mol. The Morgan fingerprint density at radius 2 is 2.09 bits per heavy atom. The van der Waals surface area contributed by atoms with Gasteiger partial charge in [0, 0.05) is 25.0 Å². The first kappa shape index (κ1) is 21.4. The summed E-state index contributed by atoms with van der Waals surface area (Å²) in [5.74, 6) is 1.67. The minimum Gasteiger partial charge on any atom is -0.462 e. The fraction of sp³-hybridized carbons (Fsp3) is 0.444. The summed E-state index contributed by atoms with van der Waals surface area (Å²) in [6.07, 6.45) is 10.4. The van der Waals surface area contributed by atoms with E-state index >= 15 is 0 Å². The first-order valence-electron chi connectivity index (χ1n) is 12.3. The van der Waals surface area contributed by atoms with Crippen LogP contribution in [0.3, 0.4) is 0 Å². The summed E-state index contributed by atoms with van der Waals surface area (Å²) >= 11 is 0. The Morgan fingerprint density at radius 1 is 1.26 bits per heavy atom. The molecule has 34 heavy (non-hydrogen) atoms. The maximum absolute atomic E-state index is 12.7. The van der Waals surface area contributed by atoms with Crippen LogP contribution in [0.1, 0.15) is 42.2 Å². The third-order valence-electron chi connectivity index (χ3n) is 8.27. The average molecular weight is 459 g/mol. The molecule has 3 aliphatic rings. The van der Waals surface area contributed by atoms with Gasteiger partial charge in [0.25, 0.3) is 5.56 Å². The predicted octanol–water partition coefficient (Wildman–Crippen LogP) is 3.59. The molecule has 0 radical (unpaired) electrons. The minimum atomic E-state index is -0.390. The second-order valence-corrected chi connectivity index (χ2v) is 9.96. The fourth-order valence-corrected chi connectivity index (χ4v) is 6.43. The lowest BCUT2D eigenvalue weighted by Gasteiger charge is -2.21. The molecule has 0 amide bonds. The highest BCUT2D eigenvalue weighted by atomic mass is 16.5. The highest BCUT2D eigenvalue weighted by molar-refractivity contribution is 5.92.